The van der Waals surface area contributed by atoms with Crippen LogP contribution < -0.4 is 10.6 Å². The van der Waals surface area contributed by atoms with Crippen LogP contribution in [0.5, 0.6) is 0 Å². The van der Waals surface area contributed by atoms with Gasteiger partial charge in [-0.15, -0.1) is 0 Å². The highest BCUT2D eigenvalue weighted by Crippen LogP contribution is 2.23. The normalized spacial score (nSPS) is 14.4. The van der Waals surface area contributed by atoms with Gasteiger partial charge >= 0.3 is 0 Å². The molecular weight excluding hydrogens is 172 g/mol. The van der Waals surface area contributed by atoms with E-state index in [-0.39, 0.29) is 0 Å². The third kappa shape index (κ3) is 1.69. The molecule has 14 heavy (non-hydrogen) atoms. The van der Waals surface area contributed by atoms with Crippen molar-refractivity contribution in [3.8, 4) is 0 Å². The second-order valence-electron chi connectivity index (χ2n) is 3.03. The molecule has 0 fully saturated rings. The Hall–Kier alpha value is -1.96. The molecule has 2 N–H and O–H groups in total. The van der Waals surface area contributed by atoms with Crippen molar-refractivity contribution >= 4 is 11.4 Å². The van der Waals surface area contributed by atoms with E-state index in [2.05, 4.69) is 0 Å². The molecule has 0 saturated heterocycles. The van der Waals surface area contributed by atoms with Crippen LogP contribution in [0.25, 0.3) is 0 Å². The first-order valence-corrected chi connectivity index (χ1v) is 4.52. The largest absolute Gasteiger partial charge is 0.397 e. The maximum atomic E-state index is 5.87. The van der Waals surface area contributed by atoms with Crippen LogP contribution in [0.3, 0.4) is 0 Å². The molecule has 0 aromatic heterocycles. The van der Waals surface area contributed by atoms with E-state index in [4.69, 9.17) is 5.73 Å². The molecule has 0 spiro atoms. The fraction of sp³-hybridized carbons (Fsp3) is 0. The lowest BCUT2D eigenvalue weighted by atomic mass is 10.2. The zero-order chi connectivity index (χ0) is 9.80. The van der Waals surface area contributed by atoms with Gasteiger partial charge in [-0.3, -0.25) is 0 Å². The molecule has 1 aliphatic rings. The first-order chi connectivity index (χ1) is 6.88. The minimum absolute atomic E-state index is 0.781. The van der Waals surface area contributed by atoms with Gasteiger partial charge in [0.05, 0.1) is 11.4 Å². The molecule has 2 nitrogen and oxygen atoms in total. The molecule has 0 atom stereocenters. The summed E-state index contributed by atoms with van der Waals surface area (Å²) < 4.78 is 0. The monoisotopic (exact) mass is 184 g/mol. The minimum Gasteiger partial charge on any atom is -0.397 e. The molecule has 1 aromatic rings. The number of allylic oxidation sites excluding steroid dienone is 4. The van der Waals surface area contributed by atoms with Crippen molar-refractivity contribution < 1.29 is 0 Å². The maximum Gasteiger partial charge on any atom is 0.0680 e. The number of para-hydroxylation sites is 2. The molecule has 1 heterocycles. The Morgan fingerprint density at radius 2 is 1.50 bits per heavy atom. The second-order valence-corrected chi connectivity index (χ2v) is 3.03. The number of hydrogen-bond acceptors (Lipinski definition) is 2. The molecule has 0 amide bonds. The molecule has 1 aromatic carbocycles. The van der Waals surface area contributed by atoms with Crippen LogP contribution in [0.15, 0.2) is 61.0 Å². The molecule has 70 valence electrons. The lowest BCUT2D eigenvalue weighted by molar-refractivity contribution is 1.29. The van der Waals surface area contributed by atoms with Crippen molar-refractivity contribution in [1.82, 2.24) is 0 Å². The van der Waals surface area contributed by atoms with Gasteiger partial charge in [-0.05, 0) is 24.3 Å². The van der Waals surface area contributed by atoms with Crippen molar-refractivity contribution in [3.05, 3.63) is 61.0 Å². The van der Waals surface area contributed by atoms with Gasteiger partial charge < -0.3 is 10.6 Å². The summed E-state index contributed by atoms with van der Waals surface area (Å²) in [7, 11) is 0. The van der Waals surface area contributed by atoms with Crippen LogP contribution in [0.2, 0.25) is 0 Å². The van der Waals surface area contributed by atoms with E-state index >= 15 is 0 Å². The van der Waals surface area contributed by atoms with Gasteiger partial charge in [-0.2, -0.15) is 0 Å². The van der Waals surface area contributed by atoms with Crippen LogP contribution in [-0.2, 0) is 0 Å². The van der Waals surface area contributed by atoms with E-state index in [1.54, 1.807) is 0 Å². The van der Waals surface area contributed by atoms with Crippen LogP contribution in [-0.4, -0.2) is 0 Å². The summed E-state index contributed by atoms with van der Waals surface area (Å²) in [5, 5.41) is 0. The van der Waals surface area contributed by atoms with E-state index in [0.29, 0.717) is 0 Å². The van der Waals surface area contributed by atoms with Crippen molar-refractivity contribution in [2.45, 2.75) is 0 Å². The topological polar surface area (TPSA) is 29.3 Å². The van der Waals surface area contributed by atoms with E-state index in [1.165, 1.54) is 0 Å². The number of nitrogens with zero attached hydrogens (tertiary/aromatic N) is 1. The van der Waals surface area contributed by atoms with E-state index in [0.717, 1.165) is 11.4 Å². The van der Waals surface area contributed by atoms with Gasteiger partial charge in [-0.25, -0.2) is 0 Å². The van der Waals surface area contributed by atoms with Crippen molar-refractivity contribution in [2.24, 2.45) is 0 Å². The van der Waals surface area contributed by atoms with Crippen molar-refractivity contribution in [2.75, 3.05) is 10.6 Å². The minimum atomic E-state index is 0.781. The van der Waals surface area contributed by atoms with Gasteiger partial charge in [0.1, 0.15) is 0 Å². The summed E-state index contributed by atoms with van der Waals surface area (Å²) in [6.07, 6.45) is 11.9. The Kier molecular flexibility index (Phi) is 2.36. The summed E-state index contributed by atoms with van der Waals surface area (Å²) in [5.74, 6) is 0. The quantitative estimate of drug-likeness (QED) is 0.680. The highest BCUT2D eigenvalue weighted by atomic mass is 15.1. The van der Waals surface area contributed by atoms with Crippen LogP contribution >= 0.6 is 0 Å². The van der Waals surface area contributed by atoms with Crippen molar-refractivity contribution in [1.29, 1.82) is 0 Å². The predicted molar refractivity (Wildman–Crippen MR) is 60.8 cm³/mol. The van der Waals surface area contributed by atoms with Gasteiger partial charge in [0.2, 0.25) is 0 Å². The smallest absolute Gasteiger partial charge is 0.0680 e. The second kappa shape index (κ2) is 3.83. The van der Waals surface area contributed by atoms with Gasteiger partial charge in [0, 0.05) is 12.4 Å². The zero-order valence-electron chi connectivity index (χ0n) is 7.80. The molecule has 0 aliphatic carbocycles. The predicted octanol–water partition coefficient (Wildman–Crippen LogP) is 2.67. The maximum absolute atomic E-state index is 5.87. The summed E-state index contributed by atoms with van der Waals surface area (Å²) in [4.78, 5) is 2.00. The van der Waals surface area contributed by atoms with Crippen LogP contribution in [0, 0.1) is 0 Å². The fourth-order valence-electron chi connectivity index (χ4n) is 1.35. The molecule has 0 unspecified atom stereocenters. The number of hydrogen-bond donors (Lipinski definition) is 1. The van der Waals surface area contributed by atoms with Crippen LogP contribution in [0.4, 0.5) is 11.4 Å². The molecule has 2 heteroatoms. The zero-order valence-corrected chi connectivity index (χ0v) is 7.80. The standard InChI is InChI=1S/C12H12N2/c13-11-7-3-4-8-12(11)14-9-5-1-2-6-10-14/h1-10H,13H2. The summed E-state index contributed by atoms with van der Waals surface area (Å²) in [5.41, 5.74) is 7.66. The SMILES string of the molecule is Nc1ccccc1N1C=CC=CC=C1. The van der Waals surface area contributed by atoms with Gasteiger partial charge in [-0.1, -0.05) is 24.3 Å². The average Bonchev–Trinajstić information content (AvgIpc) is 2.47. The molecule has 1 aliphatic heterocycles. The van der Waals surface area contributed by atoms with E-state index in [9.17, 15) is 0 Å². The molecular formula is C12H12N2. The Morgan fingerprint density at radius 3 is 2.14 bits per heavy atom. The van der Waals surface area contributed by atoms with Gasteiger partial charge in [0.25, 0.3) is 0 Å². The van der Waals surface area contributed by atoms with Crippen molar-refractivity contribution in [3.63, 3.8) is 0 Å². The molecule has 0 saturated carbocycles. The van der Waals surface area contributed by atoms with Gasteiger partial charge in [0.15, 0.2) is 0 Å². The van der Waals surface area contributed by atoms with E-state index < -0.39 is 0 Å². The Morgan fingerprint density at radius 1 is 0.857 bits per heavy atom. The first-order valence-electron chi connectivity index (χ1n) is 4.52. The van der Waals surface area contributed by atoms with Crippen LogP contribution in [0.1, 0.15) is 0 Å². The number of nitrogens with two attached hydrogens (primary N) is 1. The number of benzene rings is 1. The molecule has 0 bridgehead atoms. The summed E-state index contributed by atoms with van der Waals surface area (Å²) in [6, 6.07) is 7.80. The first kappa shape index (κ1) is 8.63. The highest BCUT2D eigenvalue weighted by Gasteiger charge is 2.02. The third-order valence-corrected chi connectivity index (χ3v) is 2.04. The highest BCUT2D eigenvalue weighted by molar-refractivity contribution is 5.70. The lowest BCUT2D eigenvalue weighted by Gasteiger charge is -2.16. The molecule has 0 radical (unpaired) electrons. The summed E-state index contributed by atoms with van der Waals surface area (Å²) in [6.45, 7) is 0. The van der Waals surface area contributed by atoms with E-state index in [1.807, 2.05) is 65.9 Å². The Labute approximate surface area is 83.6 Å². The molecule has 2 rings (SSSR count). The fourth-order valence-corrected chi connectivity index (χ4v) is 1.35. The number of anilines is 2. The third-order valence-electron chi connectivity index (χ3n) is 2.04. The Bertz CT molecular complexity index is 387. The average molecular weight is 184 g/mol. The number of rotatable bonds is 1. The Balaban J connectivity index is 2.36. The summed E-state index contributed by atoms with van der Waals surface area (Å²) >= 11 is 0. The lowest BCUT2D eigenvalue weighted by Crippen LogP contribution is -2.08. The number of nitrogen functional groups attached to an aromatic ring is 1.